The number of nitrogens with zero attached hydrogens (tertiary/aromatic N) is 2. The molecule has 1 rings (SSSR count). The fraction of sp³-hybridized carbons (Fsp3) is 0.636. The zero-order valence-corrected chi connectivity index (χ0v) is 11.2. The molecule has 0 saturated heterocycles. The zero-order valence-electron chi connectivity index (χ0n) is 10.4. The first kappa shape index (κ1) is 14.0. The van der Waals surface area contributed by atoms with E-state index in [1.807, 2.05) is 13.8 Å². The first-order chi connectivity index (χ1) is 8.06. The third-order valence-electron chi connectivity index (χ3n) is 2.47. The average Bonchev–Trinajstić information content (AvgIpc) is 2.54. The first-order valence-electron chi connectivity index (χ1n) is 5.51. The summed E-state index contributed by atoms with van der Waals surface area (Å²) in [6, 6.07) is 0. The summed E-state index contributed by atoms with van der Waals surface area (Å²) < 4.78 is 6.60. The van der Waals surface area contributed by atoms with Gasteiger partial charge in [0, 0.05) is 20.1 Å². The molecule has 0 fully saturated rings. The number of aromatic nitrogens is 2. The maximum Gasteiger partial charge on any atom is 0.221 e. The highest BCUT2D eigenvalue weighted by atomic mass is 35.5. The van der Waals surface area contributed by atoms with Crippen LogP contribution in [0.5, 0.6) is 0 Å². The lowest BCUT2D eigenvalue weighted by Gasteiger charge is -2.06. The van der Waals surface area contributed by atoms with Crippen molar-refractivity contribution in [3.8, 4) is 0 Å². The fourth-order valence-electron chi connectivity index (χ4n) is 1.48. The SMILES string of the molecule is COCCNC(=O)CCn1nc(C)c(Cl)c1C. The summed E-state index contributed by atoms with van der Waals surface area (Å²) in [7, 11) is 1.60. The predicted molar refractivity (Wildman–Crippen MR) is 66.2 cm³/mol. The molecule has 0 spiro atoms. The standard InChI is InChI=1S/C11H18ClN3O2/c1-8-11(12)9(2)15(14-8)6-4-10(16)13-5-7-17-3/h4-7H2,1-3H3,(H,13,16). The van der Waals surface area contributed by atoms with Crippen LogP contribution in [-0.2, 0) is 16.1 Å². The average molecular weight is 260 g/mol. The second kappa shape index (κ2) is 6.61. The molecule has 0 bridgehead atoms. The molecular weight excluding hydrogens is 242 g/mol. The van der Waals surface area contributed by atoms with Gasteiger partial charge in [-0.25, -0.2) is 0 Å². The van der Waals surface area contributed by atoms with Crippen molar-refractivity contribution in [1.82, 2.24) is 15.1 Å². The van der Waals surface area contributed by atoms with Gasteiger partial charge in [-0.2, -0.15) is 5.10 Å². The molecule has 6 heteroatoms. The van der Waals surface area contributed by atoms with Crippen LogP contribution >= 0.6 is 11.6 Å². The van der Waals surface area contributed by atoms with Crippen LogP contribution in [0.4, 0.5) is 0 Å². The highest BCUT2D eigenvalue weighted by molar-refractivity contribution is 6.31. The van der Waals surface area contributed by atoms with E-state index in [1.54, 1.807) is 11.8 Å². The molecule has 5 nitrogen and oxygen atoms in total. The van der Waals surface area contributed by atoms with Gasteiger partial charge in [0.25, 0.3) is 0 Å². The lowest BCUT2D eigenvalue weighted by Crippen LogP contribution is -2.27. The molecule has 0 aromatic carbocycles. The highest BCUT2D eigenvalue weighted by Gasteiger charge is 2.10. The van der Waals surface area contributed by atoms with Gasteiger partial charge < -0.3 is 10.1 Å². The lowest BCUT2D eigenvalue weighted by atomic mass is 10.3. The van der Waals surface area contributed by atoms with Gasteiger partial charge in [-0.3, -0.25) is 9.48 Å². The van der Waals surface area contributed by atoms with Crippen molar-refractivity contribution in [1.29, 1.82) is 0 Å². The van der Waals surface area contributed by atoms with Crippen molar-refractivity contribution in [2.45, 2.75) is 26.8 Å². The first-order valence-corrected chi connectivity index (χ1v) is 5.89. The van der Waals surface area contributed by atoms with E-state index in [2.05, 4.69) is 10.4 Å². The van der Waals surface area contributed by atoms with Gasteiger partial charge in [0.05, 0.1) is 29.6 Å². The monoisotopic (exact) mass is 259 g/mol. The predicted octanol–water partition coefficient (Wildman–Crippen LogP) is 1.31. The largest absolute Gasteiger partial charge is 0.383 e. The van der Waals surface area contributed by atoms with Crippen molar-refractivity contribution >= 4 is 17.5 Å². The van der Waals surface area contributed by atoms with Crippen LogP contribution in [0.1, 0.15) is 17.8 Å². The summed E-state index contributed by atoms with van der Waals surface area (Å²) in [4.78, 5) is 11.5. The van der Waals surface area contributed by atoms with Gasteiger partial charge in [-0.1, -0.05) is 11.6 Å². The topological polar surface area (TPSA) is 56.1 Å². The number of carbonyl (C=O) groups excluding carboxylic acids is 1. The van der Waals surface area contributed by atoms with Crippen LogP contribution in [0.15, 0.2) is 0 Å². The summed E-state index contributed by atoms with van der Waals surface area (Å²) in [5.74, 6) is -0.00859. The molecule has 1 amide bonds. The molecule has 1 aromatic rings. The molecule has 1 aromatic heterocycles. The number of methoxy groups -OCH3 is 1. The highest BCUT2D eigenvalue weighted by Crippen LogP contribution is 2.18. The number of rotatable bonds is 6. The molecular formula is C11H18ClN3O2. The summed E-state index contributed by atoms with van der Waals surface area (Å²) in [6.07, 6.45) is 0.391. The minimum Gasteiger partial charge on any atom is -0.383 e. The smallest absolute Gasteiger partial charge is 0.221 e. The van der Waals surface area contributed by atoms with Crippen LogP contribution in [0.3, 0.4) is 0 Å². The van der Waals surface area contributed by atoms with Gasteiger partial charge in [0.2, 0.25) is 5.91 Å². The molecule has 17 heavy (non-hydrogen) atoms. The fourth-order valence-corrected chi connectivity index (χ4v) is 1.62. The number of aryl methyl sites for hydroxylation is 2. The number of nitrogens with one attached hydrogen (secondary N) is 1. The Hall–Kier alpha value is -1.07. The van der Waals surface area contributed by atoms with Gasteiger partial charge in [-0.05, 0) is 13.8 Å². The molecule has 0 aliphatic heterocycles. The minimum atomic E-state index is -0.00859. The second-order valence-electron chi connectivity index (χ2n) is 3.80. The number of ether oxygens (including phenoxy) is 1. The van der Waals surface area contributed by atoms with Crippen LogP contribution in [0, 0.1) is 13.8 Å². The molecule has 0 unspecified atom stereocenters. The molecule has 1 N–H and O–H groups in total. The molecule has 0 radical (unpaired) electrons. The Bertz CT molecular complexity index is 390. The maximum atomic E-state index is 11.5. The Morgan fingerprint density at radius 2 is 2.24 bits per heavy atom. The van der Waals surface area contributed by atoms with Crippen molar-refractivity contribution in [2.24, 2.45) is 0 Å². The minimum absolute atomic E-state index is 0.00859. The van der Waals surface area contributed by atoms with Crippen molar-refractivity contribution in [3.05, 3.63) is 16.4 Å². The Morgan fingerprint density at radius 3 is 2.76 bits per heavy atom. The van der Waals surface area contributed by atoms with E-state index in [0.717, 1.165) is 11.4 Å². The van der Waals surface area contributed by atoms with Gasteiger partial charge >= 0.3 is 0 Å². The Labute approximate surface area is 106 Å². The van der Waals surface area contributed by atoms with Crippen LogP contribution in [0.25, 0.3) is 0 Å². The van der Waals surface area contributed by atoms with E-state index in [4.69, 9.17) is 16.3 Å². The van der Waals surface area contributed by atoms with E-state index in [9.17, 15) is 4.79 Å². The number of hydrogen-bond donors (Lipinski definition) is 1. The van der Waals surface area contributed by atoms with E-state index < -0.39 is 0 Å². The number of amides is 1. The molecule has 0 atom stereocenters. The van der Waals surface area contributed by atoms with Crippen LogP contribution in [0.2, 0.25) is 5.02 Å². The number of carbonyl (C=O) groups is 1. The van der Waals surface area contributed by atoms with Gasteiger partial charge in [0.1, 0.15) is 0 Å². The van der Waals surface area contributed by atoms with Crippen molar-refractivity contribution < 1.29 is 9.53 Å². The molecule has 96 valence electrons. The number of halogens is 1. The molecule has 1 heterocycles. The zero-order chi connectivity index (χ0) is 12.8. The summed E-state index contributed by atoms with van der Waals surface area (Å²) >= 11 is 6.02. The summed E-state index contributed by atoms with van der Waals surface area (Å²) in [5.41, 5.74) is 1.69. The van der Waals surface area contributed by atoms with E-state index in [-0.39, 0.29) is 5.91 Å². The Morgan fingerprint density at radius 1 is 1.53 bits per heavy atom. The van der Waals surface area contributed by atoms with E-state index >= 15 is 0 Å². The van der Waals surface area contributed by atoms with Crippen LogP contribution < -0.4 is 5.32 Å². The number of hydrogen-bond acceptors (Lipinski definition) is 3. The van der Waals surface area contributed by atoms with Crippen molar-refractivity contribution in [2.75, 3.05) is 20.3 Å². The Kier molecular flexibility index (Phi) is 5.44. The van der Waals surface area contributed by atoms with Crippen LogP contribution in [-0.4, -0.2) is 35.9 Å². The molecule has 0 aliphatic rings. The Balaban J connectivity index is 2.39. The summed E-state index contributed by atoms with van der Waals surface area (Å²) in [6.45, 7) is 5.35. The molecule has 0 saturated carbocycles. The summed E-state index contributed by atoms with van der Waals surface area (Å²) in [5, 5.41) is 7.69. The second-order valence-corrected chi connectivity index (χ2v) is 4.18. The normalized spacial score (nSPS) is 10.6. The van der Waals surface area contributed by atoms with Gasteiger partial charge in [0.15, 0.2) is 0 Å². The third kappa shape index (κ3) is 4.02. The quantitative estimate of drug-likeness (QED) is 0.784. The maximum absolute atomic E-state index is 11.5. The van der Waals surface area contributed by atoms with Gasteiger partial charge in [-0.15, -0.1) is 0 Å². The lowest BCUT2D eigenvalue weighted by molar-refractivity contribution is -0.121. The molecule has 0 aliphatic carbocycles. The van der Waals surface area contributed by atoms with E-state index in [0.29, 0.717) is 31.1 Å². The third-order valence-corrected chi connectivity index (χ3v) is 3.02. The van der Waals surface area contributed by atoms with E-state index in [1.165, 1.54) is 0 Å². The van der Waals surface area contributed by atoms with Crippen molar-refractivity contribution in [3.63, 3.8) is 0 Å².